The topological polar surface area (TPSA) is 59.2 Å². The maximum Gasteiger partial charge on any atom is 0.232 e. The van der Waals surface area contributed by atoms with Crippen molar-refractivity contribution in [2.75, 3.05) is 12.8 Å². The van der Waals surface area contributed by atoms with E-state index < -0.39 is 0 Å². The molecule has 106 valence electrons. The van der Waals surface area contributed by atoms with Crippen molar-refractivity contribution in [2.45, 2.75) is 25.3 Å². The predicted molar refractivity (Wildman–Crippen MR) is 77.4 cm³/mol. The number of amides is 1. The first-order chi connectivity index (χ1) is 9.58. The Morgan fingerprint density at radius 1 is 1.35 bits per heavy atom. The molecule has 2 aromatic rings. The highest BCUT2D eigenvalue weighted by atomic mass is 32.2. The molecular weight excluding hydrogens is 274 g/mol. The fraction of sp³-hybridized carbons (Fsp3) is 0.357. The highest BCUT2D eigenvalue weighted by molar-refractivity contribution is 8.00. The van der Waals surface area contributed by atoms with Crippen LogP contribution in [-0.2, 0) is 11.3 Å². The molecule has 0 atom stereocenters. The Hall–Kier alpha value is -1.82. The summed E-state index contributed by atoms with van der Waals surface area (Å²) in [4.78, 5) is 18.8. The molecule has 0 saturated heterocycles. The van der Waals surface area contributed by atoms with E-state index in [2.05, 4.69) is 10.1 Å². The van der Waals surface area contributed by atoms with Crippen LogP contribution >= 0.6 is 11.8 Å². The number of hydrogen-bond acceptors (Lipinski definition) is 5. The first-order valence-corrected chi connectivity index (χ1v) is 7.25. The molecule has 0 unspecified atom stereocenters. The molecular formula is C14H17N3O2S. The molecule has 0 N–H and O–H groups in total. The van der Waals surface area contributed by atoms with Gasteiger partial charge in [0, 0.05) is 29.9 Å². The summed E-state index contributed by atoms with van der Waals surface area (Å²) in [6, 6.07) is 3.79. The van der Waals surface area contributed by atoms with Gasteiger partial charge in [-0.2, -0.15) is 0 Å². The lowest BCUT2D eigenvalue weighted by Crippen LogP contribution is -2.28. The fourth-order valence-electron chi connectivity index (χ4n) is 1.74. The quantitative estimate of drug-likeness (QED) is 0.792. The molecule has 0 aliphatic rings. The summed E-state index contributed by atoms with van der Waals surface area (Å²) in [5.74, 6) is 1.25. The minimum Gasteiger partial charge on any atom is -0.361 e. The van der Waals surface area contributed by atoms with Crippen LogP contribution in [0.3, 0.4) is 0 Å². The van der Waals surface area contributed by atoms with Gasteiger partial charge in [-0.15, -0.1) is 11.8 Å². The summed E-state index contributed by atoms with van der Waals surface area (Å²) < 4.78 is 5.11. The molecule has 2 aromatic heterocycles. The zero-order valence-corrected chi connectivity index (χ0v) is 12.6. The summed E-state index contributed by atoms with van der Waals surface area (Å²) in [5, 5.41) is 3.90. The second-order valence-electron chi connectivity index (χ2n) is 4.52. The molecule has 6 heteroatoms. The minimum atomic E-state index is 0.0758. The van der Waals surface area contributed by atoms with E-state index in [-0.39, 0.29) is 5.91 Å². The number of carbonyl (C=O) groups is 1. The lowest BCUT2D eigenvalue weighted by Gasteiger charge is -2.16. The van der Waals surface area contributed by atoms with Crippen molar-refractivity contribution >= 4 is 17.7 Å². The molecule has 0 spiro atoms. The molecule has 2 heterocycles. The molecule has 5 nitrogen and oxygen atoms in total. The van der Waals surface area contributed by atoms with E-state index in [1.54, 1.807) is 24.3 Å². The van der Waals surface area contributed by atoms with E-state index in [1.807, 2.05) is 26.0 Å². The van der Waals surface area contributed by atoms with Gasteiger partial charge in [-0.25, -0.2) is 0 Å². The molecule has 0 fully saturated rings. The van der Waals surface area contributed by atoms with Crippen LogP contribution in [0.4, 0.5) is 0 Å². The maximum atomic E-state index is 12.1. The smallest absolute Gasteiger partial charge is 0.232 e. The van der Waals surface area contributed by atoms with Gasteiger partial charge in [0.25, 0.3) is 0 Å². The van der Waals surface area contributed by atoms with Gasteiger partial charge < -0.3 is 9.42 Å². The van der Waals surface area contributed by atoms with E-state index in [9.17, 15) is 4.79 Å². The summed E-state index contributed by atoms with van der Waals surface area (Å²) in [6.45, 7) is 4.27. The SMILES string of the molecule is Cc1noc(C)c1CN(C)C(=O)CSc1ccncc1. The first kappa shape index (κ1) is 14.6. The summed E-state index contributed by atoms with van der Waals surface area (Å²) in [7, 11) is 1.79. The monoisotopic (exact) mass is 291 g/mol. The van der Waals surface area contributed by atoms with Crippen molar-refractivity contribution in [3.8, 4) is 0 Å². The number of rotatable bonds is 5. The molecule has 0 bridgehead atoms. The third-order valence-corrected chi connectivity index (χ3v) is 4.01. The van der Waals surface area contributed by atoms with Gasteiger partial charge in [0.15, 0.2) is 0 Å². The molecule has 1 amide bonds. The van der Waals surface area contributed by atoms with Gasteiger partial charge in [0.2, 0.25) is 5.91 Å². The van der Waals surface area contributed by atoms with Crippen molar-refractivity contribution in [2.24, 2.45) is 0 Å². The number of nitrogens with zero attached hydrogens (tertiary/aromatic N) is 3. The highest BCUT2D eigenvalue weighted by Gasteiger charge is 2.15. The van der Waals surface area contributed by atoms with Gasteiger partial charge >= 0.3 is 0 Å². The molecule has 0 saturated carbocycles. The van der Waals surface area contributed by atoms with E-state index in [1.165, 1.54) is 11.8 Å². The van der Waals surface area contributed by atoms with Crippen molar-refractivity contribution < 1.29 is 9.32 Å². The maximum absolute atomic E-state index is 12.1. The Morgan fingerprint density at radius 3 is 2.65 bits per heavy atom. The van der Waals surface area contributed by atoms with E-state index in [0.29, 0.717) is 12.3 Å². The molecule has 0 aliphatic heterocycles. The Balaban J connectivity index is 1.89. The first-order valence-electron chi connectivity index (χ1n) is 6.26. The summed E-state index contributed by atoms with van der Waals surface area (Å²) in [5.41, 5.74) is 1.82. The Labute approximate surface area is 122 Å². The lowest BCUT2D eigenvalue weighted by atomic mass is 10.2. The molecule has 2 rings (SSSR count). The zero-order chi connectivity index (χ0) is 14.5. The van der Waals surface area contributed by atoms with Crippen LogP contribution in [0, 0.1) is 13.8 Å². The van der Waals surface area contributed by atoms with Gasteiger partial charge in [0.05, 0.1) is 18.0 Å². The van der Waals surface area contributed by atoms with Gasteiger partial charge in [-0.3, -0.25) is 9.78 Å². The van der Waals surface area contributed by atoms with Crippen LogP contribution in [-0.4, -0.2) is 33.7 Å². The number of hydrogen-bond donors (Lipinski definition) is 0. The van der Waals surface area contributed by atoms with Crippen LogP contribution in [0.1, 0.15) is 17.0 Å². The molecule has 0 aromatic carbocycles. The van der Waals surface area contributed by atoms with E-state index >= 15 is 0 Å². The van der Waals surface area contributed by atoms with E-state index in [4.69, 9.17) is 4.52 Å². The van der Waals surface area contributed by atoms with Crippen molar-refractivity contribution in [3.05, 3.63) is 41.5 Å². The Morgan fingerprint density at radius 2 is 2.05 bits per heavy atom. The molecule has 20 heavy (non-hydrogen) atoms. The van der Waals surface area contributed by atoms with Gasteiger partial charge in [0.1, 0.15) is 5.76 Å². The fourth-order valence-corrected chi connectivity index (χ4v) is 2.57. The van der Waals surface area contributed by atoms with E-state index in [0.717, 1.165) is 21.9 Å². The van der Waals surface area contributed by atoms with Crippen LogP contribution < -0.4 is 0 Å². The second-order valence-corrected chi connectivity index (χ2v) is 5.57. The third-order valence-electron chi connectivity index (χ3n) is 3.01. The second kappa shape index (κ2) is 6.56. The standard InChI is InChI=1S/C14H17N3O2S/c1-10-13(11(2)19-16-10)8-17(3)14(18)9-20-12-4-6-15-7-5-12/h4-7H,8-9H2,1-3H3. The van der Waals surface area contributed by atoms with Crippen LogP contribution in [0.2, 0.25) is 0 Å². The number of aryl methyl sites for hydroxylation is 2. The van der Waals surface area contributed by atoms with Crippen molar-refractivity contribution in [1.29, 1.82) is 0 Å². The molecule has 0 radical (unpaired) electrons. The minimum absolute atomic E-state index is 0.0758. The van der Waals surface area contributed by atoms with Crippen LogP contribution in [0.15, 0.2) is 33.9 Å². The normalized spacial score (nSPS) is 10.6. The van der Waals surface area contributed by atoms with Crippen LogP contribution in [0.5, 0.6) is 0 Å². The average molecular weight is 291 g/mol. The van der Waals surface area contributed by atoms with Gasteiger partial charge in [-0.05, 0) is 26.0 Å². The largest absolute Gasteiger partial charge is 0.361 e. The highest BCUT2D eigenvalue weighted by Crippen LogP contribution is 2.18. The van der Waals surface area contributed by atoms with Crippen LogP contribution in [0.25, 0.3) is 0 Å². The molecule has 0 aliphatic carbocycles. The summed E-state index contributed by atoms with van der Waals surface area (Å²) in [6.07, 6.45) is 3.45. The van der Waals surface area contributed by atoms with Gasteiger partial charge in [-0.1, -0.05) is 5.16 Å². The number of carbonyl (C=O) groups excluding carboxylic acids is 1. The predicted octanol–water partition coefficient (Wildman–Crippen LogP) is 2.44. The Kier molecular flexibility index (Phi) is 4.79. The van der Waals surface area contributed by atoms with Crippen molar-refractivity contribution in [3.63, 3.8) is 0 Å². The van der Waals surface area contributed by atoms with Crippen molar-refractivity contribution in [1.82, 2.24) is 15.0 Å². The third kappa shape index (κ3) is 3.60. The average Bonchev–Trinajstić information content (AvgIpc) is 2.77. The lowest BCUT2D eigenvalue weighted by molar-refractivity contribution is -0.127. The summed E-state index contributed by atoms with van der Waals surface area (Å²) >= 11 is 1.51. The zero-order valence-electron chi connectivity index (χ0n) is 11.8. The number of thioether (sulfide) groups is 1. The number of pyridine rings is 1. The Bertz CT molecular complexity index is 564. The number of aromatic nitrogens is 2.